The average Bonchev–Trinajstić information content (AvgIpc) is 2.29. The Morgan fingerprint density at radius 3 is 2.42 bits per heavy atom. The number of carbonyl (C=O) groups excluding carboxylic acids is 1. The second-order valence-electron chi connectivity index (χ2n) is 4.42. The molecule has 1 aromatic rings. The highest BCUT2D eigenvalue weighted by Crippen LogP contribution is 2.13. The number of urea groups is 1. The van der Waals surface area contributed by atoms with E-state index in [9.17, 15) is 13.2 Å². The van der Waals surface area contributed by atoms with Gasteiger partial charge in [0.25, 0.3) is 0 Å². The van der Waals surface area contributed by atoms with Crippen molar-refractivity contribution in [1.82, 2.24) is 5.32 Å². The molecule has 5 nitrogen and oxygen atoms in total. The smallest absolute Gasteiger partial charge is 0.319 e. The van der Waals surface area contributed by atoms with Crippen molar-refractivity contribution in [3.8, 4) is 0 Å². The van der Waals surface area contributed by atoms with Crippen molar-refractivity contribution in [2.45, 2.75) is 19.4 Å². The number of carbonyl (C=O) groups is 1. The lowest BCUT2D eigenvalue weighted by Crippen LogP contribution is -2.37. The zero-order chi connectivity index (χ0) is 14.5. The summed E-state index contributed by atoms with van der Waals surface area (Å²) in [6, 6.07) is 6.12. The average molecular weight is 305 g/mol. The van der Waals surface area contributed by atoms with E-state index in [4.69, 9.17) is 11.6 Å². The summed E-state index contributed by atoms with van der Waals surface area (Å²) in [5.41, 5.74) is 0.622. The zero-order valence-corrected chi connectivity index (χ0v) is 12.4. The Morgan fingerprint density at radius 1 is 1.32 bits per heavy atom. The molecule has 1 atom stereocenters. The standard InChI is InChI=1S/C12H17ClN2O3S/c1-9(7-8-19(2,17)18)14-12(16)15-11-5-3-10(13)4-6-11/h3-6,9H,7-8H2,1-2H3,(H2,14,15,16)/t9-/m1/s1. The molecular weight excluding hydrogens is 288 g/mol. The first-order chi connectivity index (χ1) is 8.76. The second-order valence-corrected chi connectivity index (χ2v) is 7.12. The maximum Gasteiger partial charge on any atom is 0.319 e. The summed E-state index contributed by atoms with van der Waals surface area (Å²) in [6.07, 6.45) is 1.56. The summed E-state index contributed by atoms with van der Waals surface area (Å²) in [7, 11) is -3.01. The van der Waals surface area contributed by atoms with E-state index in [0.717, 1.165) is 0 Å². The van der Waals surface area contributed by atoms with Gasteiger partial charge in [-0.1, -0.05) is 11.6 Å². The molecule has 19 heavy (non-hydrogen) atoms. The predicted molar refractivity (Wildman–Crippen MR) is 77.4 cm³/mol. The Kier molecular flexibility index (Phi) is 5.62. The highest BCUT2D eigenvalue weighted by Gasteiger charge is 2.10. The number of hydrogen-bond donors (Lipinski definition) is 2. The van der Waals surface area contributed by atoms with Crippen molar-refractivity contribution in [2.75, 3.05) is 17.3 Å². The third-order valence-corrected chi connectivity index (χ3v) is 3.63. The fourth-order valence-corrected chi connectivity index (χ4v) is 2.29. The van der Waals surface area contributed by atoms with Gasteiger partial charge in [0.05, 0.1) is 5.75 Å². The minimum absolute atomic E-state index is 0.0510. The molecule has 0 unspecified atom stereocenters. The van der Waals surface area contributed by atoms with Crippen LogP contribution >= 0.6 is 11.6 Å². The van der Waals surface area contributed by atoms with Crippen LogP contribution in [0, 0.1) is 0 Å². The molecule has 0 saturated heterocycles. The summed E-state index contributed by atoms with van der Waals surface area (Å²) in [6.45, 7) is 1.76. The zero-order valence-electron chi connectivity index (χ0n) is 10.8. The van der Waals surface area contributed by atoms with Crippen LogP contribution in [0.25, 0.3) is 0 Å². The fraction of sp³-hybridized carbons (Fsp3) is 0.417. The highest BCUT2D eigenvalue weighted by atomic mass is 35.5. The minimum Gasteiger partial charge on any atom is -0.335 e. The van der Waals surface area contributed by atoms with Gasteiger partial charge in [-0.15, -0.1) is 0 Å². The van der Waals surface area contributed by atoms with Gasteiger partial charge in [0.1, 0.15) is 9.84 Å². The van der Waals surface area contributed by atoms with E-state index < -0.39 is 9.84 Å². The molecule has 7 heteroatoms. The van der Waals surface area contributed by atoms with Crippen molar-refractivity contribution in [3.05, 3.63) is 29.3 Å². The maximum absolute atomic E-state index is 11.6. The molecule has 0 aliphatic carbocycles. The molecule has 0 aromatic heterocycles. The first-order valence-corrected chi connectivity index (χ1v) is 8.21. The quantitative estimate of drug-likeness (QED) is 0.876. The van der Waals surface area contributed by atoms with Crippen LogP contribution in [-0.4, -0.2) is 32.5 Å². The van der Waals surface area contributed by atoms with Gasteiger partial charge < -0.3 is 10.6 Å². The summed E-state index contributed by atoms with van der Waals surface area (Å²) in [5.74, 6) is 0.0510. The van der Waals surface area contributed by atoms with Gasteiger partial charge in [-0.3, -0.25) is 0 Å². The van der Waals surface area contributed by atoms with E-state index in [1.54, 1.807) is 31.2 Å². The molecule has 106 valence electrons. The first-order valence-electron chi connectivity index (χ1n) is 5.77. The number of rotatable bonds is 5. The molecule has 0 spiro atoms. The number of halogens is 1. The number of benzene rings is 1. The van der Waals surface area contributed by atoms with Gasteiger partial charge in [-0.05, 0) is 37.6 Å². The number of amides is 2. The number of sulfone groups is 1. The molecule has 1 rings (SSSR count). The van der Waals surface area contributed by atoms with E-state index in [1.165, 1.54) is 6.26 Å². The number of nitrogens with one attached hydrogen (secondary N) is 2. The molecule has 2 N–H and O–H groups in total. The molecule has 1 aromatic carbocycles. The Morgan fingerprint density at radius 2 is 1.89 bits per heavy atom. The van der Waals surface area contributed by atoms with Gasteiger partial charge in [-0.2, -0.15) is 0 Å². The van der Waals surface area contributed by atoms with E-state index >= 15 is 0 Å². The van der Waals surface area contributed by atoms with Gasteiger partial charge in [0.15, 0.2) is 0 Å². The van der Waals surface area contributed by atoms with E-state index in [0.29, 0.717) is 17.1 Å². The molecule has 0 heterocycles. The maximum atomic E-state index is 11.6. The summed E-state index contributed by atoms with van der Waals surface area (Å²) in [4.78, 5) is 11.6. The van der Waals surface area contributed by atoms with Crippen LogP contribution in [0.4, 0.5) is 10.5 Å². The first kappa shape index (κ1) is 15.8. The van der Waals surface area contributed by atoms with Crippen molar-refractivity contribution < 1.29 is 13.2 Å². The van der Waals surface area contributed by atoms with Gasteiger partial charge >= 0.3 is 6.03 Å². The van der Waals surface area contributed by atoms with E-state index in [1.807, 2.05) is 0 Å². The van der Waals surface area contributed by atoms with Gasteiger partial charge in [-0.25, -0.2) is 13.2 Å². The SMILES string of the molecule is C[C@H](CCS(C)(=O)=O)NC(=O)Nc1ccc(Cl)cc1. The van der Waals surface area contributed by atoms with E-state index in [2.05, 4.69) is 10.6 Å². The highest BCUT2D eigenvalue weighted by molar-refractivity contribution is 7.90. The van der Waals surface area contributed by atoms with Crippen LogP contribution in [0.1, 0.15) is 13.3 Å². The summed E-state index contributed by atoms with van der Waals surface area (Å²) in [5, 5.41) is 5.90. The number of anilines is 1. The fourth-order valence-electron chi connectivity index (χ4n) is 1.39. The Balaban J connectivity index is 2.40. The van der Waals surface area contributed by atoms with Crippen LogP contribution in [0.3, 0.4) is 0 Å². The largest absolute Gasteiger partial charge is 0.335 e. The van der Waals surface area contributed by atoms with Crippen molar-refractivity contribution >= 4 is 33.2 Å². The lowest BCUT2D eigenvalue weighted by atomic mass is 10.2. The lowest BCUT2D eigenvalue weighted by molar-refractivity contribution is 0.249. The van der Waals surface area contributed by atoms with E-state index in [-0.39, 0.29) is 17.8 Å². The van der Waals surface area contributed by atoms with Crippen molar-refractivity contribution in [2.24, 2.45) is 0 Å². The normalized spacial score (nSPS) is 12.8. The molecule has 0 radical (unpaired) electrons. The molecular formula is C12H17ClN2O3S. The van der Waals surface area contributed by atoms with Crippen LogP contribution in [0.2, 0.25) is 5.02 Å². The molecule has 0 aliphatic heterocycles. The predicted octanol–water partition coefficient (Wildman–Crippen LogP) is 2.28. The van der Waals surface area contributed by atoms with Gasteiger partial charge in [0.2, 0.25) is 0 Å². The van der Waals surface area contributed by atoms with Crippen molar-refractivity contribution in [1.29, 1.82) is 0 Å². The monoisotopic (exact) mass is 304 g/mol. The Hall–Kier alpha value is -1.27. The van der Waals surface area contributed by atoms with Crippen LogP contribution in [0.5, 0.6) is 0 Å². The van der Waals surface area contributed by atoms with Gasteiger partial charge in [0, 0.05) is 23.0 Å². The van der Waals surface area contributed by atoms with Crippen LogP contribution in [0.15, 0.2) is 24.3 Å². The molecule has 2 amide bonds. The topological polar surface area (TPSA) is 75.3 Å². The van der Waals surface area contributed by atoms with Crippen LogP contribution < -0.4 is 10.6 Å². The molecule has 0 fully saturated rings. The summed E-state index contributed by atoms with van der Waals surface area (Å²) >= 11 is 5.73. The molecule has 0 bridgehead atoms. The lowest BCUT2D eigenvalue weighted by Gasteiger charge is -2.14. The van der Waals surface area contributed by atoms with Crippen LogP contribution in [-0.2, 0) is 9.84 Å². The Labute approximate surface area is 118 Å². The third-order valence-electron chi connectivity index (χ3n) is 2.40. The second kappa shape index (κ2) is 6.77. The third kappa shape index (κ3) is 7.03. The Bertz CT molecular complexity index is 528. The molecule has 0 aliphatic rings. The molecule has 0 saturated carbocycles. The van der Waals surface area contributed by atoms with Crippen molar-refractivity contribution in [3.63, 3.8) is 0 Å². The minimum atomic E-state index is -3.01. The number of hydrogen-bond acceptors (Lipinski definition) is 3. The summed E-state index contributed by atoms with van der Waals surface area (Å²) < 4.78 is 22.0.